The fraction of sp³-hybridized carbons (Fsp3) is 0.897. The van der Waals surface area contributed by atoms with Crippen molar-refractivity contribution in [2.24, 2.45) is 5.73 Å². The molecule has 0 heterocycles. The average Bonchev–Trinajstić information content (AvgIpc) is 2.85. The van der Waals surface area contributed by atoms with E-state index in [9.17, 15) is 14.4 Å². The standard InChI is InChI=1S/C12H23NO4.C8H16O2.C5H12O.C4H11NO/c1-10(15)9-13(7-5-6-8-14)11(16)17-12(2,3)4;1-8(10)6-4-2-3-5-7-9;1-2-3-4-5-6;5-3-1-2-4-6/h14H,5-9H2,1-4H3;9H,2-7H2,1H3;6H,2-5H2,1H3;6H,1-5H2. The molecule has 0 aliphatic heterocycles. The summed E-state index contributed by atoms with van der Waals surface area (Å²) in [6.07, 6.45) is 10.6. The minimum Gasteiger partial charge on any atom is -0.444 e. The maximum Gasteiger partial charge on any atom is 0.410 e. The van der Waals surface area contributed by atoms with Crippen LogP contribution < -0.4 is 5.73 Å². The van der Waals surface area contributed by atoms with Gasteiger partial charge in [0.15, 0.2) is 0 Å². The van der Waals surface area contributed by atoms with Gasteiger partial charge in [0.2, 0.25) is 0 Å². The summed E-state index contributed by atoms with van der Waals surface area (Å²) in [6.45, 7) is 12.7. The number of nitrogens with zero attached hydrogens (tertiary/aromatic N) is 1. The molecule has 0 rings (SSSR count). The zero-order valence-electron chi connectivity index (χ0n) is 25.9. The van der Waals surface area contributed by atoms with Gasteiger partial charge in [-0.15, -0.1) is 0 Å². The highest BCUT2D eigenvalue weighted by Crippen LogP contribution is 2.10. The van der Waals surface area contributed by atoms with Gasteiger partial charge in [0.1, 0.15) is 17.2 Å². The van der Waals surface area contributed by atoms with E-state index < -0.39 is 11.7 Å². The summed E-state index contributed by atoms with van der Waals surface area (Å²) in [5.74, 6) is 0.184. The van der Waals surface area contributed by atoms with Gasteiger partial charge >= 0.3 is 6.09 Å². The van der Waals surface area contributed by atoms with E-state index >= 15 is 0 Å². The summed E-state index contributed by atoms with van der Waals surface area (Å²) in [5, 5.41) is 33.4. The molecule has 0 aromatic rings. The number of Topliss-reactive ketones (excluding diaryl/α,β-unsaturated/α-hetero) is 2. The van der Waals surface area contributed by atoms with Gasteiger partial charge in [0.05, 0.1) is 6.54 Å². The third kappa shape index (κ3) is 49.8. The second kappa shape index (κ2) is 34.4. The Balaban J connectivity index is -0.000000235. The highest BCUT2D eigenvalue weighted by molar-refractivity contribution is 5.82. The first-order chi connectivity index (χ1) is 18.4. The van der Waals surface area contributed by atoms with Crippen molar-refractivity contribution in [1.82, 2.24) is 4.90 Å². The lowest BCUT2D eigenvalue weighted by atomic mass is 10.1. The molecular formula is C29H62N2O8. The van der Waals surface area contributed by atoms with E-state index in [2.05, 4.69) is 6.92 Å². The van der Waals surface area contributed by atoms with Gasteiger partial charge in [-0.3, -0.25) is 4.79 Å². The van der Waals surface area contributed by atoms with Crippen molar-refractivity contribution >= 4 is 17.7 Å². The molecule has 0 fully saturated rings. The predicted molar refractivity (Wildman–Crippen MR) is 158 cm³/mol. The minimum absolute atomic E-state index is 0.0559. The van der Waals surface area contributed by atoms with Crippen molar-refractivity contribution in [3.8, 4) is 0 Å². The van der Waals surface area contributed by atoms with Crippen LogP contribution in [0.2, 0.25) is 0 Å². The molecule has 0 radical (unpaired) electrons. The SMILES string of the molecule is CC(=O)CCCCCCO.CC(=O)CN(CCCCO)C(=O)OC(C)(C)C.CCCCCO.NCCCCO. The Morgan fingerprint density at radius 1 is 0.692 bits per heavy atom. The Labute approximate surface area is 238 Å². The molecule has 6 N–H and O–H groups in total. The number of carbonyl (C=O) groups is 3. The number of aliphatic hydroxyl groups is 4. The van der Waals surface area contributed by atoms with Crippen LogP contribution in [-0.4, -0.2) is 94.6 Å². The van der Waals surface area contributed by atoms with Crippen LogP contribution in [-0.2, 0) is 14.3 Å². The fourth-order valence-corrected chi connectivity index (χ4v) is 2.70. The Kier molecular flexibility index (Phi) is 39.2. The highest BCUT2D eigenvalue weighted by atomic mass is 16.6. The van der Waals surface area contributed by atoms with Crippen LogP contribution in [0.5, 0.6) is 0 Å². The van der Waals surface area contributed by atoms with Crippen molar-refractivity contribution < 1.29 is 39.5 Å². The quantitative estimate of drug-likeness (QED) is 0.154. The first kappa shape index (κ1) is 44.4. The average molecular weight is 567 g/mol. The normalized spacial score (nSPS) is 10.1. The summed E-state index contributed by atoms with van der Waals surface area (Å²) in [6, 6.07) is 0. The van der Waals surface area contributed by atoms with Gasteiger partial charge in [0, 0.05) is 39.4 Å². The van der Waals surface area contributed by atoms with Gasteiger partial charge in [-0.25, -0.2) is 4.79 Å². The van der Waals surface area contributed by atoms with Gasteiger partial charge < -0.3 is 40.6 Å². The number of unbranched alkanes of at least 4 members (excludes halogenated alkanes) is 7. The van der Waals surface area contributed by atoms with E-state index in [-0.39, 0.29) is 37.9 Å². The number of rotatable bonds is 18. The number of ketones is 2. The number of amides is 1. The van der Waals surface area contributed by atoms with E-state index in [4.69, 9.17) is 30.9 Å². The summed E-state index contributed by atoms with van der Waals surface area (Å²) in [5.41, 5.74) is 4.54. The molecule has 0 saturated heterocycles. The number of aliphatic hydroxyl groups excluding tert-OH is 4. The number of hydrogen-bond acceptors (Lipinski definition) is 9. The lowest BCUT2D eigenvalue weighted by Crippen LogP contribution is -2.40. The summed E-state index contributed by atoms with van der Waals surface area (Å²) in [7, 11) is 0. The minimum atomic E-state index is -0.566. The molecule has 0 unspecified atom stereocenters. The molecule has 0 saturated carbocycles. The summed E-state index contributed by atoms with van der Waals surface area (Å²) in [4.78, 5) is 34.6. The van der Waals surface area contributed by atoms with E-state index in [1.54, 1.807) is 27.7 Å². The maximum absolute atomic E-state index is 11.8. The maximum atomic E-state index is 11.8. The molecule has 0 aliphatic rings. The molecule has 1 amide bonds. The molecule has 0 atom stereocenters. The third-order valence-corrected chi connectivity index (χ3v) is 4.71. The van der Waals surface area contributed by atoms with Crippen molar-refractivity contribution in [3.05, 3.63) is 0 Å². The van der Waals surface area contributed by atoms with Crippen LogP contribution in [0.1, 0.15) is 119 Å². The highest BCUT2D eigenvalue weighted by Gasteiger charge is 2.22. The lowest BCUT2D eigenvalue weighted by Gasteiger charge is -2.26. The Hall–Kier alpha value is -1.59. The molecule has 0 aromatic carbocycles. The molecule has 0 aromatic heterocycles. The van der Waals surface area contributed by atoms with Gasteiger partial charge in [-0.1, -0.05) is 32.6 Å². The number of nitrogens with two attached hydrogens (primary N) is 1. The van der Waals surface area contributed by atoms with Crippen LogP contribution in [0.4, 0.5) is 4.79 Å². The molecule has 236 valence electrons. The number of carbonyl (C=O) groups excluding carboxylic acids is 3. The Morgan fingerprint density at radius 3 is 1.51 bits per heavy atom. The Bertz CT molecular complexity index is 524. The van der Waals surface area contributed by atoms with Gasteiger partial charge in [0.25, 0.3) is 0 Å². The molecule has 0 aliphatic carbocycles. The first-order valence-electron chi connectivity index (χ1n) is 14.5. The van der Waals surface area contributed by atoms with Crippen LogP contribution >= 0.6 is 0 Å². The van der Waals surface area contributed by atoms with Gasteiger partial charge in [-0.2, -0.15) is 0 Å². The van der Waals surface area contributed by atoms with E-state index in [0.717, 1.165) is 51.4 Å². The predicted octanol–water partition coefficient (Wildman–Crippen LogP) is 3.99. The molecule has 10 nitrogen and oxygen atoms in total. The van der Waals surface area contributed by atoms with Crippen molar-refractivity contribution in [2.45, 2.75) is 124 Å². The van der Waals surface area contributed by atoms with E-state index in [1.807, 2.05) is 0 Å². The van der Waals surface area contributed by atoms with Crippen LogP contribution in [0, 0.1) is 0 Å². The summed E-state index contributed by atoms with van der Waals surface area (Å²) >= 11 is 0. The zero-order chi connectivity index (χ0) is 31.0. The molecular weight excluding hydrogens is 504 g/mol. The molecule has 39 heavy (non-hydrogen) atoms. The number of ether oxygens (including phenoxy) is 1. The first-order valence-corrected chi connectivity index (χ1v) is 14.5. The second-order valence-corrected chi connectivity index (χ2v) is 10.3. The van der Waals surface area contributed by atoms with Crippen LogP contribution in [0.3, 0.4) is 0 Å². The van der Waals surface area contributed by atoms with E-state index in [1.165, 1.54) is 18.2 Å². The van der Waals surface area contributed by atoms with Crippen molar-refractivity contribution in [1.29, 1.82) is 0 Å². The third-order valence-electron chi connectivity index (χ3n) is 4.71. The monoisotopic (exact) mass is 566 g/mol. The largest absolute Gasteiger partial charge is 0.444 e. The second-order valence-electron chi connectivity index (χ2n) is 10.3. The van der Waals surface area contributed by atoms with Crippen molar-refractivity contribution in [2.75, 3.05) is 46.1 Å². The zero-order valence-corrected chi connectivity index (χ0v) is 25.9. The number of hydrogen-bond donors (Lipinski definition) is 5. The smallest absolute Gasteiger partial charge is 0.410 e. The van der Waals surface area contributed by atoms with Gasteiger partial charge in [-0.05, 0) is 86.1 Å². The lowest BCUT2D eigenvalue weighted by molar-refractivity contribution is -0.118. The van der Waals surface area contributed by atoms with E-state index in [0.29, 0.717) is 39.0 Å². The summed E-state index contributed by atoms with van der Waals surface area (Å²) < 4.78 is 5.20. The molecule has 10 heteroatoms. The van der Waals surface area contributed by atoms with Crippen LogP contribution in [0.15, 0.2) is 0 Å². The molecule has 0 bridgehead atoms. The fourth-order valence-electron chi connectivity index (χ4n) is 2.70. The Morgan fingerprint density at radius 2 is 1.15 bits per heavy atom. The van der Waals surface area contributed by atoms with Crippen LogP contribution in [0.25, 0.3) is 0 Å². The van der Waals surface area contributed by atoms with Crippen molar-refractivity contribution in [3.63, 3.8) is 0 Å². The molecule has 0 spiro atoms. The topological polar surface area (TPSA) is 171 Å².